The third kappa shape index (κ3) is 1.95. The SMILES string of the molecule is CCc1ccc2c(c1)C(=O)c1ccc(C(=O)O)cc1S2(=O)=O. The molecule has 2 aromatic rings. The first-order valence-corrected chi connectivity index (χ1v) is 8.14. The van der Waals surface area contributed by atoms with Gasteiger partial charge in [0, 0.05) is 11.1 Å². The van der Waals surface area contributed by atoms with Crippen molar-refractivity contribution in [2.75, 3.05) is 0 Å². The Labute approximate surface area is 127 Å². The number of ketones is 1. The van der Waals surface area contributed by atoms with Crippen LogP contribution in [0.2, 0.25) is 0 Å². The molecule has 22 heavy (non-hydrogen) atoms. The van der Waals surface area contributed by atoms with Crippen LogP contribution in [0.4, 0.5) is 0 Å². The number of carbonyl (C=O) groups is 2. The molecule has 0 amide bonds. The molecular formula is C16H12O5S. The van der Waals surface area contributed by atoms with Gasteiger partial charge in [0.15, 0.2) is 5.78 Å². The van der Waals surface area contributed by atoms with Gasteiger partial charge < -0.3 is 5.11 Å². The van der Waals surface area contributed by atoms with E-state index in [9.17, 15) is 18.0 Å². The topological polar surface area (TPSA) is 88.5 Å². The summed E-state index contributed by atoms with van der Waals surface area (Å²) in [4.78, 5) is 23.3. The Morgan fingerprint density at radius 1 is 1.05 bits per heavy atom. The highest BCUT2D eigenvalue weighted by Gasteiger charge is 2.35. The lowest BCUT2D eigenvalue weighted by molar-refractivity contribution is 0.0696. The van der Waals surface area contributed by atoms with Crippen molar-refractivity contribution in [3.63, 3.8) is 0 Å². The van der Waals surface area contributed by atoms with Crippen molar-refractivity contribution < 1.29 is 23.1 Å². The quantitative estimate of drug-likeness (QED) is 0.784. The summed E-state index contributed by atoms with van der Waals surface area (Å²) in [5, 5.41) is 9.01. The van der Waals surface area contributed by atoms with E-state index < -0.39 is 21.6 Å². The molecule has 1 aliphatic rings. The number of hydrogen-bond acceptors (Lipinski definition) is 4. The fraction of sp³-hybridized carbons (Fsp3) is 0.125. The van der Waals surface area contributed by atoms with E-state index in [1.54, 1.807) is 12.1 Å². The van der Waals surface area contributed by atoms with Crippen molar-refractivity contribution in [1.29, 1.82) is 0 Å². The van der Waals surface area contributed by atoms with Gasteiger partial charge in [-0.3, -0.25) is 4.79 Å². The molecule has 112 valence electrons. The largest absolute Gasteiger partial charge is 0.478 e. The Hall–Kier alpha value is -2.47. The fourth-order valence-electron chi connectivity index (χ4n) is 2.54. The molecule has 3 rings (SSSR count). The lowest BCUT2D eigenvalue weighted by Gasteiger charge is -2.19. The highest BCUT2D eigenvalue weighted by atomic mass is 32.2. The van der Waals surface area contributed by atoms with Crippen molar-refractivity contribution in [3.05, 3.63) is 58.7 Å². The number of aryl methyl sites for hydroxylation is 1. The molecule has 0 atom stereocenters. The van der Waals surface area contributed by atoms with E-state index in [0.29, 0.717) is 6.42 Å². The monoisotopic (exact) mass is 316 g/mol. The van der Waals surface area contributed by atoms with Gasteiger partial charge in [-0.1, -0.05) is 13.0 Å². The van der Waals surface area contributed by atoms with Crippen molar-refractivity contribution in [2.24, 2.45) is 0 Å². The van der Waals surface area contributed by atoms with E-state index in [1.807, 2.05) is 6.92 Å². The molecule has 0 aliphatic carbocycles. The third-order valence-corrected chi connectivity index (χ3v) is 5.60. The summed E-state index contributed by atoms with van der Waals surface area (Å²) in [7, 11) is -3.90. The van der Waals surface area contributed by atoms with Gasteiger partial charge in [-0.2, -0.15) is 0 Å². The molecule has 1 N–H and O–H groups in total. The van der Waals surface area contributed by atoms with E-state index in [4.69, 9.17) is 5.11 Å². The second-order valence-electron chi connectivity index (χ2n) is 5.03. The molecule has 1 heterocycles. The van der Waals surface area contributed by atoms with Crippen molar-refractivity contribution in [3.8, 4) is 0 Å². The lowest BCUT2D eigenvalue weighted by Crippen LogP contribution is -2.21. The standard InChI is InChI=1S/C16H12O5S/c1-2-9-3-6-13-12(7-9)15(17)11-5-4-10(16(18)19)8-14(11)22(13,20)21/h3-8H,2H2,1H3,(H,18,19). The minimum Gasteiger partial charge on any atom is -0.478 e. The maximum atomic E-state index is 12.7. The molecule has 0 unspecified atom stereocenters. The summed E-state index contributed by atoms with van der Waals surface area (Å²) < 4.78 is 25.3. The number of sulfone groups is 1. The zero-order chi connectivity index (χ0) is 16.1. The van der Waals surface area contributed by atoms with Crippen LogP contribution in [0.5, 0.6) is 0 Å². The van der Waals surface area contributed by atoms with Crippen molar-refractivity contribution in [2.45, 2.75) is 23.1 Å². The van der Waals surface area contributed by atoms with E-state index >= 15 is 0 Å². The third-order valence-electron chi connectivity index (χ3n) is 3.75. The predicted octanol–water partition coefficient (Wildman–Crippen LogP) is 2.32. The molecule has 6 heteroatoms. The molecule has 2 aromatic carbocycles. The number of carboxylic acids is 1. The average Bonchev–Trinajstić information content (AvgIpc) is 2.51. The van der Waals surface area contributed by atoms with E-state index in [2.05, 4.69) is 0 Å². The summed E-state index contributed by atoms with van der Waals surface area (Å²) in [6, 6.07) is 8.21. The van der Waals surface area contributed by atoms with Crippen LogP contribution in [0.3, 0.4) is 0 Å². The maximum absolute atomic E-state index is 12.7. The smallest absolute Gasteiger partial charge is 0.335 e. The van der Waals surface area contributed by atoms with Crippen molar-refractivity contribution in [1.82, 2.24) is 0 Å². The maximum Gasteiger partial charge on any atom is 0.335 e. The zero-order valence-electron chi connectivity index (χ0n) is 11.7. The molecule has 0 aromatic heterocycles. The predicted molar refractivity (Wildman–Crippen MR) is 78.1 cm³/mol. The Balaban J connectivity index is 2.33. The highest BCUT2D eigenvalue weighted by molar-refractivity contribution is 7.91. The van der Waals surface area contributed by atoms with E-state index in [-0.39, 0.29) is 26.5 Å². The number of carboxylic acid groups (broad SMARTS) is 1. The Morgan fingerprint density at radius 3 is 2.41 bits per heavy atom. The Morgan fingerprint density at radius 2 is 1.77 bits per heavy atom. The van der Waals surface area contributed by atoms with Gasteiger partial charge in [-0.15, -0.1) is 0 Å². The van der Waals surface area contributed by atoms with Crippen LogP contribution >= 0.6 is 0 Å². The average molecular weight is 316 g/mol. The molecule has 0 bridgehead atoms. The highest BCUT2D eigenvalue weighted by Crippen LogP contribution is 2.35. The van der Waals surface area contributed by atoms with Gasteiger partial charge in [0.2, 0.25) is 9.84 Å². The first-order chi connectivity index (χ1) is 10.4. The van der Waals surface area contributed by atoms with Gasteiger partial charge in [0.05, 0.1) is 15.4 Å². The van der Waals surface area contributed by atoms with Crippen LogP contribution in [0.15, 0.2) is 46.2 Å². The van der Waals surface area contributed by atoms with Crippen LogP contribution in [0.25, 0.3) is 0 Å². The Bertz CT molecular complexity index is 926. The van der Waals surface area contributed by atoms with E-state index in [0.717, 1.165) is 11.6 Å². The molecule has 0 saturated carbocycles. The summed E-state index contributed by atoms with van der Waals surface area (Å²) in [5.41, 5.74) is 0.873. The summed E-state index contributed by atoms with van der Waals surface area (Å²) in [6.45, 7) is 1.91. The summed E-state index contributed by atoms with van der Waals surface area (Å²) >= 11 is 0. The summed E-state index contributed by atoms with van der Waals surface area (Å²) in [5.74, 6) is -1.63. The van der Waals surface area contributed by atoms with Gasteiger partial charge >= 0.3 is 5.97 Å². The van der Waals surface area contributed by atoms with Gasteiger partial charge in [-0.25, -0.2) is 13.2 Å². The van der Waals surface area contributed by atoms with Gasteiger partial charge in [-0.05, 0) is 42.3 Å². The number of benzene rings is 2. The van der Waals surface area contributed by atoms with Crippen LogP contribution in [0.1, 0.15) is 38.8 Å². The fourth-order valence-corrected chi connectivity index (χ4v) is 4.20. The minimum absolute atomic E-state index is 0.0192. The second kappa shape index (κ2) is 4.78. The van der Waals surface area contributed by atoms with Crippen LogP contribution < -0.4 is 0 Å². The first-order valence-electron chi connectivity index (χ1n) is 6.66. The van der Waals surface area contributed by atoms with Crippen LogP contribution in [-0.2, 0) is 16.3 Å². The molecule has 0 radical (unpaired) electrons. The number of hydrogen-bond donors (Lipinski definition) is 1. The summed E-state index contributed by atoms with van der Waals surface area (Å²) in [6.07, 6.45) is 0.686. The van der Waals surface area contributed by atoms with E-state index in [1.165, 1.54) is 18.2 Å². The molecule has 0 fully saturated rings. The van der Waals surface area contributed by atoms with Crippen molar-refractivity contribution >= 4 is 21.6 Å². The molecule has 0 saturated heterocycles. The normalized spacial score (nSPS) is 15.0. The Kier molecular flexibility index (Phi) is 3.14. The molecule has 5 nitrogen and oxygen atoms in total. The number of rotatable bonds is 2. The zero-order valence-corrected chi connectivity index (χ0v) is 12.5. The minimum atomic E-state index is -3.90. The molecular weight excluding hydrogens is 304 g/mol. The molecule has 0 spiro atoms. The molecule has 1 aliphatic heterocycles. The lowest BCUT2D eigenvalue weighted by atomic mass is 9.99. The number of aromatic carboxylic acids is 1. The first kappa shape index (κ1) is 14.5. The van der Waals surface area contributed by atoms with Crippen LogP contribution in [0, 0.1) is 0 Å². The van der Waals surface area contributed by atoms with Gasteiger partial charge in [0.1, 0.15) is 0 Å². The number of carbonyl (C=O) groups excluding carboxylic acids is 1. The second-order valence-corrected chi connectivity index (χ2v) is 6.92. The van der Waals surface area contributed by atoms with Gasteiger partial charge in [0.25, 0.3) is 0 Å². The number of fused-ring (bicyclic) bond motifs is 2. The van der Waals surface area contributed by atoms with Crippen LogP contribution in [-0.4, -0.2) is 25.3 Å².